The summed E-state index contributed by atoms with van der Waals surface area (Å²) in [7, 11) is 1.68. The third-order valence-electron chi connectivity index (χ3n) is 4.75. The smallest absolute Gasteiger partial charge is 0.119 e. The molecular formula is C22H23NO2. The number of allylic oxidation sites excluding steroid dienone is 1. The molecular weight excluding hydrogens is 310 g/mol. The number of hydrogen-bond donors (Lipinski definition) is 0. The van der Waals surface area contributed by atoms with Gasteiger partial charge < -0.3 is 14.0 Å². The van der Waals surface area contributed by atoms with Gasteiger partial charge in [-0.2, -0.15) is 0 Å². The number of rotatable bonds is 5. The highest BCUT2D eigenvalue weighted by molar-refractivity contribution is 5.93. The lowest BCUT2D eigenvalue weighted by Gasteiger charge is -2.14. The summed E-state index contributed by atoms with van der Waals surface area (Å²) in [6.45, 7) is 3.33. The lowest BCUT2D eigenvalue weighted by atomic mass is 10.0. The molecule has 0 spiro atoms. The molecule has 0 radical (unpaired) electrons. The van der Waals surface area contributed by atoms with Crippen LogP contribution in [0.5, 0.6) is 5.75 Å². The molecule has 25 heavy (non-hydrogen) atoms. The van der Waals surface area contributed by atoms with Crippen molar-refractivity contribution in [1.29, 1.82) is 0 Å². The van der Waals surface area contributed by atoms with Gasteiger partial charge in [0.25, 0.3) is 0 Å². The van der Waals surface area contributed by atoms with Crippen LogP contribution < -0.4 is 4.74 Å². The minimum absolute atomic E-state index is 0.571. The Morgan fingerprint density at radius 1 is 1.04 bits per heavy atom. The van der Waals surface area contributed by atoms with Crippen LogP contribution >= 0.6 is 0 Å². The van der Waals surface area contributed by atoms with Crippen molar-refractivity contribution in [3.05, 3.63) is 65.4 Å². The van der Waals surface area contributed by atoms with E-state index in [1.165, 1.54) is 33.4 Å². The molecule has 0 atom stereocenters. The molecule has 1 aromatic heterocycles. The number of ether oxygens (including phenoxy) is 2. The van der Waals surface area contributed by atoms with Crippen LogP contribution in [0.2, 0.25) is 0 Å². The number of aryl methyl sites for hydroxylation is 1. The van der Waals surface area contributed by atoms with E-state index in [2.05, 4.69) is 54.0 Å². The molecule has 1 heterocycles. The maximum absolute atomic E-state index is 5.69. The summed E-state index contributed by atoms with van der Waals surface area (Å²) in [6, 6.07) is 15.1. The van der Waals surface area contributed by atoms with E-state index < -0.39 is 0 Å². The van der Waals surface area contributed by atoms with Gasteiger partial charge in [0.15, 0.2) is 0 Å². The van der Waals surface area contributed by atoms with E-state index in [0.29, 0.717) is 13.2 Å². The van der Waals surface area contributed by atoms with Crippen molar-refractivity contribution in [3.63, 3.8) is 0 Å². The van der Waals surface area contributed by atoms with Crippen LogP contribution in [0.1, 0.15) is 23.2 Å². The summed E-state index contributed by atoms with van der Waals surface area (Å²) < 4.78 is 13.1. The Labute approximate surface area is 148 Å². The molecule has 0 saturated carbocycles. The highest BCUT2D eigenvalue weighted by Crippen LogP contribution is 2.34. The van der Waals surface area contributed by atoms with Crippen LogP contribution in [-0.4, -0.2) is 24.9 Å². The molecule has 0 N–H and O–H groups in total. The van der Waals surface area contributed by atoms with Gasteiger partial charge in [-0.25, -0.2) is 0 Å². The van der Waals surface area contributed by atoms with Crippen molar-refractivity contribution in [1.82, 2.24) is 4.57 Å². The quantitative estimate of drug-likeness (QED) is 0.619. The van der Waals surface area contributed by atoms with Gasteiger partial charge >= 0.3 is 0 Å². The Balaban J connectivity index is 1.77. The first-order valence-corrected chi connectivity index (χ1v) is 8.80. The Morgan fingerprint density at radius 2 is 1.88 bits per heavy atom. The fourth-order valence-electron chi connectivity index (χ4n) is 3.56. The zero-order chi connectivity index (χ0) is 17.2. The van der Waals surface area contributed by atoms with E-state index in [1.54, 1.807) is 7.11 Å². The molecule has 4 rings (SSSR count). The maximum atomic E-state index is 5.69. The summed E-state index contributed by atoms with van der Waals surface area (Å²) in [5, 5.41) is 1.34. The Hall–Kier alpha value is -2.52. The van der Waals surface area contributed by atoms with E-state index in [0.717, 1.165) is 18.6 Å². The molecule has 0 unspecified atom stereocenters. The summed E-state index contributed by atoms with van der Waals surface area (Å²) in [4.78, 5) is 0. The molecule has 0 fully saturated rings. The fourth-order valence-corrected chi connectivity index (χ4v) is 3.56. The van der Waals surface area contributed by atoms with Crippen molar-refractivity contribution in [3.8, 4) is 11.4 Å². The molecule has 3 nitrogen and oxygen atoms in total. The highest BCUT2D eigenvalue weighted by atomic mass is 16.5. The van der Waals surface area contributed by atoms with Crippen LogP contribution in [0.4, 0.5) is 0 Å². The van der Waals surface area contributed by atoms with Crippen molar-refractivity contribution < 1.29 is 9.47 Å². The minimum Gasteiger partial charge on any atom is -0.491 e. The normalized spacial score (nSPS) is 13.2. The Kier molecular flexibility index (Phi) is 4.33. The molecule has 0 bridgehead atoms. The van der Waals surface area contributed by atoms with Gasteiger partial charge in [-0.05, 0) is 56.2 Å². The average Bonchev–Trinajstić information content (AvgIpc) is 2.96. The highest BCUT2D eigenvalue weighted by Gasteiger charge is 2.18. The van der Waals surface area contributed by atoms with Gasteiger partial charge in [-0.15, -0.1) is 0 Å². The van der Waals surface area contributed by atoms with Gasteiger partial charge in [0.1, 0.15) is 12.4 Å². The lowest BCUT2D eigenvalue weighted by molar-refractivity contribution is 0.146. The number of aromatic nitrogens is 1. The minimum atomic E-state index is 0.571. The monoisotopic (exact) mass is 333 g/mol. The first-order valence-electron chi connectivity index (χ1n) is 8.80. The molecule has 0 aliphatic heterocycles. The zero-order valence-corrected chi connectivity index (χ0v) is 14.8. The third kappa shape index (κ3) is 2.96. The van der Waals surface area contributed by atoms with Gasteiger partial charge in [-0.1, -0.05) is 23.8 Å². The predicted octanol–water partition coefficient (Wildman–Crippen LogP) is 4.92. The van der Waals surface area contributed by atoms with E-state index >= 15 is 0 Å². The lowest BCUT2D eigenvalue weighted by Crippen LogP contribution is -2.05. The maximum Gasteiger partial charge on any atom is 0.119 e. The van der Waals surface area contributed by atoms with E-state index in [4.69, 9.17) is 9.47 Å². The fraction of sp³-hybridized carbons (Fsp3) is 0.273. The Bertz CT molecular complexity index is 919. The largest absolute Gasteiger partial charge is 0.491 e. The summed E-state index contributed by atoms with van der Waals surface area (Å²) in [5.74, 6) is 0.877. The SMILES string of the molecule is COCCOc1ccc(-n2c3c(c4cc(C)ccc42)C=CCC3)cc1. The third-order valence-corrected chi connectivity index (χ3v) is 4.75. The average molecular weight is 333 g/mol. The van der Waals surface area contributed by atoms with Crippen LogP contribution in [0.15, 0.2) is 48.5 Å². The zero-order valence-electron chi connectivity index (χ0n) is 14.8. The molecule has 2 aromatic carbocycles. The van der Waals surface area contributed by atoms with Crippen molar-refractivity contribution in [2.24, 2.45) is 0 Å². The summed E-state index contributed by atoms with van der Waals surface area (Å²) in [5.41, 5.74) is 6.52. The molecule has 128 valence electrons. The molecule has 1 aliphatic carbocycles. The number of methoxy groups -OCH3 is 1. The molecule has 1 aliphatic rings. The van der Waals surface area contributed by atoms with E-state index in [1.807, 2.05) is 12.1 Å². The van der Waals surface area contributed by atoms with Crippen LogP contribution in [0, 0.1) is 6.92 Å². The van der Waals surface area contributed by atoms with Crippen LogP contribution in [0.25, 0.3) is 22.7 Å². The van der Waals surface area contributed by atoms with Crippen LogP contribution in [-0.2, 0) is 11.2 Å². The van der Waals surface area contributed by atoms with Crippen molar-refractivity contribution in [2.75, 3.05) is 20.3 Å². The van der Waals surface area contributed by atoms with Crippen molar-refractivity contribution in [2.45, 2.75) is 19.8 Å². The number of nitrogens with zero attached hydrogens (tertiary/aromatic N) is 1. The van der Waals surface area contributed by atoms with E-state index in [-0.39, 0.29) is 0 Å². The second-order valence-corrected chi connectivity index (χ2v) is 6.49. The topological polar surface area (TPSA) is 23.4 Å². The predicted molar refractivity (Wildman–Crippen MR) is 103 cm³/mol. The van der Waals surface area contributed by atoms with Gasteiger partial charge in [0.2, 0.25) is 0 Å². The van der Waals surface area contributed by atoms with Gasteiger partial charge in [0, 0.05) is 29.4 Å². The van der Waals surface area contributed by atoms with Crippen LogP contribution in [0.3, 0.4) is 0 Å². The van der Waals surface area contributed by atoms with E-state index in [9.17, 15) is 0 Å². The second kappa shape index (κ2) is 6.77. The molecule has 3 aromatic rings. The Morgan fingerprint density at radius 3 is 2.68 bits per heavy atom. The summed E-state index contributed by atoms with van der Waals surface area (Å²) >= 11 is 0. The molecule has 0 saturated heterocycles. The van der Waals surface area contributed by atoms with Gasteiger partial charge in [0.05, 0.1) is 12.1 Å². The number of hydrogen-bond acceptors (Lipinski definition) is 2. The molecule has 0 amide bonds. The van der Waals surface area contributed by atoms with Crippen molar-refractivity contribution >= 4 is 17.0 Å². The standard InChI is InChI=1S/C22H23NO2/c1-16-7-12-22-20(15-16)19-5-3-4-6-21(19)23(22)17-8-10-18(11-9-17)25-14-13-24-2/h3,5,7-12,15H,4,6,13-14H2,1-2H3. The second-order valence-electron chi connectivity index (χ2n) is 6.49. The first kappa shape index (κ1) is 16.0. The number of benzene rings is 2. The number of fused-ring (bicyclic) bond motifs is 3. The summed E-state index contributed by atoms with van der Waals surface area (Å²) in [6.07, 6.45) is 6.73. The molecule has 3 heteroatoms. The first-order chi connectivity index (χ1) is 12.3. The van der Waals surface area contributed by atoms with Gasteiger partial charge in [-0.3, -0.25) is 0 Å².